The lowest BCUT2D eigenvalue weighted by Crippen LogP contribution is -2.32. The third-order valence-corrected chi connectivity index (χ3v) is 6.84. The van der Waals surface area contributed by atoms with Crippen LogP contribution in [0.25, 0.3) is 11.2 Å². The van der Waals surface area contributed by atoms with E-state index in [0.717, 1.165) is 5.56 Å². The number of esters is 1. The number of carbonyl (C=O) groups excluding carboxylic acids is 1. The third kappa shape index (κ3) is 6.34. The van der Waals surface area contributed by atoms with Gasteiger partial charge in [-0.05, 0) is 27.2 Å². The number of nitrogens with two attached hydrogens (primary N) is 1. The quantitative estimate of drug-likeness (QED) is 0.322. The Morgan fingerprint density at radius 1 is 1.26 bits per heavy atom. The van der Waals surface area contributed by atoms with E-state index in [0.29, 0.717) is 36.6 Å². The number of nitrogens with zero attached hydrogens (tertiary/aromatic N) is 5. The van der Waals surface area contributed by atoms with Crippen LogP contribution in [0.3, 0.4) is 0 Å². The van der Waals surface area contributed by atoms with Crippen molar-refractivity contribution in [2.75, 3.05) is 18.9 Å². The number of hydrogen-bond donors (Lipinski definition) is 1. The Hall–Kier alpha value is -2.94. The summed E-state index contributed by atoms with van der Waals surface area (Å²) in [6.45, 7) is 7.98. The van der Waals surface area contributed by atoms with Gasteiger partial charge in [0.1, 0.15) is 11.8 Å². The average molecular weight is 487 g/mol. The smallest absolute Gasteiger partial charge is 0.337 e. The van der Waals surface area contributed by atoms with Crippen LogP contribution in [0.2, 0.25) is 0 Å². The molecule has 10 nitrogen and oxygen atoms in total. The Kier molecular flexibility index (Phi) is 8.66. The van der Waals surface area contributed by atoms with E-state index in [9.17, 15) is 9.69 Å². The van der Waals surface area contributed by atoms with Crippen molar-refractivity contribution in [3.63, 3.8) is 0 Å². The number of anilines is 1. The molecule has 2 aromatic heterocycles. The Bertz CT molecular complexity index is 1130. The maximum absolute atomic E-state index is 13.3. The fraction of sp³-hybridized carbons (Fsp3) is 0.478. The number of ether oxygens (including phenoxy) is 2. The molecule has 182 valence electrons. The lowest BCUT2D eigenvalue weighted by Gasteiger charge is -2.20. The molecule has 0 aliphatic rings. The third-order valence-electron chi connectivity index (χ3n) is 5.16. The first-order valence-electron chi connectivity index (χ1n) is 11.2. The van der Waals surface area contributed by atoms with Crippen LogP contribution in [-0.4, -0.2) is 50.3 Å². The zero-order valence-electron chi connectivity index (χ0n) is 19.9. The number of hydrogen-bond acceptors (Lipinski definition) is 9. The number of rotatable bonds is 11. The van der Waals surface area contributed by atoms with E-state index in [1.807, 2.05) is 48.7 Å². The zero-order valence-corrected chi connectivity index (χ0v) is 20.8. The molecule has 2 N–H and O–H groups in total. The highest BCUT2D eigenvalue weighted by Gasteiger charge is 2.35. The van der Waals surface area contributed by atoms with E-state index in [-0.39, 0.29) is 12.7 Å². The van der Waals surface area contributed by atoms with Crippen LogP contribution in [-0.2, 0) is 20.8 Å². The molecule has 0 aliphatic carbocycles. The van der Waals surface area contributed by atoms with Gasteiger partial charge in [-0.3, -0.25) is 0 Å². The Balaban J connectivity index is 1.75. The lowest BCUT2D eigenvalue weighted by molar-refractivity contribution is -0.161. The molecular weight excluding hydrogens is 455 g/mol. The second-order valence-electron chi connectivity index (χ2n) is 8.50. The van der Waals surface area contributed by atoms with Gasteiger partial charge < -0.3 is 24.7 Å². The van der Waals surface area contributed by atoms with Crippen LogP contribution in [0, 0.1) is 0 Å². The fourth-order valence-electron chi connectivity index (χ4n) is 3.31. The van der Waals surface area contributed by atoms with Crippen LogP contribution >= 0.6 is 7.94 Å². The summed E-state index contributed by atoms with van der Waals surface area (Å²) in [5.41, 5.74) is 6.10. The molecule has 0 amide bonds. The van der Waals surface area contributed by atoms with Gasteiger partial charge in [-0.15, -0.1) is 0 Å². The maximum atomic E-state index is 13.3. The van der Waals surface area contributed by atoms with Gasteiger partial charge in [0.25, 0.3) is 0 Å². The first kappa shape index (κ1) is 25.7. The van der Waals surface area contributed by atoms with Crippen molar-refractivity contribution in [3.05, 3.63) is 48.5 Å². The highest BCUT2D eigenvalue weighted by Crippen LogP contribution is 2.40. The summed E-state index contributed by atoms with van der Waals surface area (Å²) in [6.07, 6.45) is 3.50. The molecule has 2 unspecified atom stereocenters. The monoisotopic (exact) mass is 486 g/mol. The highest BCUT2D eigenvalue weighted by atomic mass is 31.1. The highest BCUT2D eigenvalue weighted by molar-refractivity contribution is 7.39. The van der Waals surface area contributed by atoms with E-state index in [4.69, 9.17) is 15.2 Å². The van der Waals surface area contributed by atoms with Crippen molar-refractivity contribution < 1.29 is 19.2 Å². The van der Waals surface area contributed by atoms with E-state index in [1.54, 1.807) is 20.2 Å². The molecule has 0 saturated heterocycles. The second-order valence-corrected chi connectivity index (χ2v) is 9.92. The molecule has 0 aliphatic heterocycles. The summed E-state index contributed by atoms with van der Waals surface area (Å²) in [5.74, 6) is -0.174. The van der Waals surface area contributed by atoms with Crippen LogP contribution in [0.4, 0.5) is 5.82 Å². The Morgan fingerprint density at radius 3 is 2.71 bits per heavy atom. The first-order chi connectivity index (χ1) is 16.2. The van der Waals surface area contributed by atoms with E-state index in [2.05, 4.69) is 19.7 Å². The van der Waals surface area contributed by atoms with Gasteiger partial charge in [-0.2, -0.15) is 0 Å². The van der Waals surface area contributed by atoms with Crippen molar-refractivity contribution >= 4 is 30.9 Å². The van der Waals surface area contributed by atoms with Crippen molar-refractivity contribution in [1.82, 2.24) is 19.5 Å². The minimum atomic E-state index is -2.18. The van der Waals surface area contributed by atoms with Crippen molar-refractivity contribution in [3.8, 4) is 0 Å². The van der Waals surface area contributed by atoms with Crippen LogP contribution < -0.4 is 10.6 Å². The van der Waals surface area contributed by atoms with Gasteiger partial charge in [0.05, 0.1) is 32.2 Å². The van der Waals surface area contributed by atoms with Gasteiger partial charge in [-0.1, -0.05) is 42.0 Å². The normalized spacial score (nSPS) is 14.2. The van der Waals surface area contributed by atoms with E-state index in [1.165, 1.54) is 6.33 Å². The molecule has 0 spiro atoms. The largest absolute Gasteiger partial charge is 0.612 e. The van der Waals surface area contributed by atoms with Gasteiger partial charge in [0.2, 0.25) is 0 Å². The molecule has 0 radical (unpaired) electrons. The number of aromatic nitrogens is 4. The summed E-state index contributed by atoms with van der Waals surface area (Å²) >= 11 is 0. The number of fused-ring (bicyclic) bond motifs is 1. The molecule has 0 bridgehead atoms. The van der Waals surface area contributed by atoms with Crippen molar-refractivity contribution in [2.45, 2.75) is 58.0 Å². The predicted molar refractivity (Wildman–Crippen MR) is 129 cm³/mol. The molecule has 0 fully saturated rings. The minimum Gasteiger partial charge on any atom is -0.612 e. The lowest BCUT2D eigenvalue weighted by atomic mass is 10.1. The maximum Gasteiger partial charge on any atom is 0.337 e. The summed E-state index contributed by atoms with van der Waals surface area (Å²) < 4.78 is 17.5. The molecule has 11 heteroatoms. The summed E-state index contributed by atoms with van der Waals surface area (Å²) in [4.78, 5) is 38.2. The average Bonchev–Trinajstić information content (AvgIpc) is 3.22. The summed E-state index contributed by atoms with van der Waals surface area (Å²) in [6, 6.07) is 9.40. The standard InChI is InChI=1S/C23H31N6O4P/c1-5-11-32-22(30)23(3,4)28-34(31)18(17-9-7-6-8-10-17)13-33-16(2)12-29-15-27-19-20(24)25-14-26-21(19)29/h6-10,14-16,18H,5,11-13H2,1-4H3,(H2,24,25,26)/t16-,18?/m1/s1. The summed E-state index contributed by atoms with van der Waals surface area (Å²) in [5, 5.41) is 0. The van der Waals surface area contributed by atoms with E-state index < -0.39 is 25.1 Å². The van der Waals surface area contributed by atoms with Gasteiger partial charge in [0, 0.05) is 5.56 Å². The van der Waals surface area contributed by atoms with Crippen molar-refractivity contribution in [2.24, 2.45) is 4.74 Å². The van der Waals surface area contributed by atoms with Gasteiger partial charge in [0.15, 0.2) is 30.6 Å². The second kappa shape index (κ2) is 11.5. The first-order valence-corrected chi connectivity index (χ1v) is 12.4. The molecule has 2 heterocycles. The number of nitrogen functional groups attached to an aromatic ring is 1. The molecule has 3 rings (SSSR count). The van der Waals surface area contributed by atoms with Crippen molar-refractivity contribution in [1.29, 1.82) is 0 Å². The fourth-order valence-corrected chi connectivity index (χ4v) is 4.66. The van der Waals surface area contributed by atoms with Crippen LogP contribution in [0.1, 0.15) is 45.3 Å². The number of imidazole rings is 1. The number of carbonyl (C=O) groups is 1. The molecule has 3 atom stereocenters. The van der Waals surface area contributed by atoms with E-state index >= 15 is 0 Å². The SMILES string of the molecule is CCCOC(=O)C(C)(C)N=[P+]([O-])C(CO[C@H](C)Cn1cnc2c(N)ncnc21)c1ccccc1. The molecule has 0 saturated carbocycles. The van der Waals surface area contributed by atoms with Gasteiger partial charge >= 0.3 is 5.97 Å². The summed E-state index contributed by atoms with van der Waals surface area (Å²) in [7, 11) is -2.18. The zero-order chi connectivity index (χ0) is 24.7. The predicted octanol–water partition coefficient (Wildman–Crippen LogP) is 3.23. The van der Waals surface area contributed by atoms with Crippen LogP contribution in [0.15, 0.2) is 47.7 Å². The molecular formula is C23H31N6O4P. The Morgan fingerprint density at radius 2 is 2.00 bits per heavy atom. The Labute approximate surface area is 200 Å². The van der Waals surface area contributed by atoms with Crippen LogP contribution in [0.5, 0.6) is 0 Å². The molecule has 34 heavy (non-hydrogen) atoms. The number of benzene rings is 1. The minimum absolute atomic E-state index is 0.160. The molecule has 3 aromatic rings. The topological polar surface area (TPSA) is 141 Å². The molecule has 1 aromatic carbocycles. The van der Waals surface area contributed by atoms with Gasteiger partial charge in [-0.25, -0.2) is 19.7 Å².